The van der Waals surface area contributed by atoms with E-state index in [1.165, 1.54) is 4.63 Å². The molecule has 0 spiro atoms. The summed E-state index contributed by atoms with van der Waals surface area (Å²) in [5.74, 6) is 0.730. The third kappa shape index (κ3) is 2.31. The zero-order valence-electron chi connectivity index (χ0n) is 11.6. The second kappa shape index (κ2) is 4.87. The lowest BCUT2D eigenvalue weighted by Gasteiger charge is -2.22. The van der Waals surface area contributed by atoms with Crippen LogP contribution < -0.4 is 5.32 Å². The van der Waals surface area contributed by atoms with E-state index in [1.54, 1.807) is 0 Å². The van der Waals surface area contributed by atoms with Crippen molar-refractivity contribution in [3.63, 3.8) is 0 Å². The maximum atomic E-state index is 4.34. The Hall–Kier alpha value is -2.51. The van der Waals surface area contributed by atoms with Crippen molar-refractivity contribution in [2.45, 2.75) is 32.9 Å². The molecule has 0 radical (unpaired) electrons. The molecule has 0 aromatic carbocycles. The van der Waals surface area contributed by atoms with Crippen LogP contribution in [-0.2, 0) is 0 Å². The van der Waals surface area contributed by atoms with E-state index in [4.69, 9.17) is 0 Å². The minimum Gasteiger partial charge on any atom is -0.364 e. The van der Waals surface area contributed by atoms with Gasteiger partial charge in [-0.2, -0.15) is 5.10 Å². The van der Waals surface area contributed by atoms with Gasteiger partial charge in [0.15, 0.2) is 5.65 Å². The molecule has 0 aliphatic heterocycles. The first kappa shape index (κ1) is 12.5. The van der Waals surface area contributed by atoms with Crippen LogP contribution in [0.1, 0.15) is 25.5 Å². The van der Waals surface area contributed by atoms with Gasteiger partial charge >= 0.3 is 0 Å². The molecular formula is C12H16N8. The van der Waals surface area contributed by atoms with Gasteiger partial charge in [-0.1, -0.05) is 0 Å². The van der Waals surface area contributed by atoms with Crippen LogP contribution in [0.15, 0.2) is 24.5 Å². The number of hydrogen-bond donors (Lipinski definition) is 1. The molecular weight excluding hydrogens is 256 g/mol. The van der Waals surface area contributed by atoms with Crippen molar-refractivity contribution < 1.29 is 0 Å². The zero-order chi connectivity index (χ0) is 14.1. The van der Waals surface area contributed by atoms with Gasteiger partial charge < -0.3 is 5.32 Å². The van der Waals surface area contributed by atoms with Gasteiger partial charge in [0, 0.05) is 12.2 Å². The fourth-order valence-electron chi connectivity index (χ4n) is 1.97. The average Bonchev–Trinajstić information content (AvgIpc) is 3.05. The third-order valence-corrected chi connectivity index (χ3v) is 3.32. The molecule has 8 nitrogen and oxygen atoms in total. The summed E-state index contributed by atoms with van der Waals surface area (Å²) in [6.45, 7) is 6.23. The Kier molecular flexibility index (Phi) is 3.05. The molecule has 20 heavy (non-hydrogen) atoms. The lowest BCUT2D eigenvalue weighted by atomic mass is 10.2. The van der Waals surface area contributed by atoms with Crippen LogP contribution in [0.5, 0.6) is 0 Å². The summed E-state index contributed by atoms with van der Waals surface area (Å²) in [5, 5.41) is 23.1. The van der Waals surface area contributed by atoms with E-state index in [2.05, 4.69) is 44.9 Å². The van der Waals surface area contributed by atoms with Crippen molar-refractivity contribution in [2.75, 3.05) is 5.32 Å². The van der Waals surface area contributed by atoms with E-state index in [0.717, 1.165) is 11.4 Å². The number of tetrazole rings is 1. The van der Waals surface area contributed by atoms with Crippen LogP contribution in [0, 0.1) is 6.92 Å². The van der Waals surface area contributed by atoms with Crippen LogP contribution in [0.4, 0.5) is 5.82 Å². The quantitative estimate of drug-likeness (QED) is 0.765. The highest BCUT2D eigenvalue weighted by Gasteiger charge is 2.15. The molecule has 0 aliphatic carbocycles. The maximum absolute atomic E-state index is 4.34. The molecule has 3 rings (SSSR count). The first-order chi connectivity index (χ1) is 9.63. The molecule has 2 atom stereocenters. The number of nitrogens with one attached hydrogen (secondary N) is 1. The van der Waals surface area contributed by atoms with Gasteiger partial charge in [0.2, 0.25) is 0 Å². The minimum absolute atomic E-state index is 0.163. The second-order valence-corrected chi connectivity index (χ2v) is 4.92. The van der Waals surface area contributed by atoms with Crippen molar-refractivity contribution in [2.24, 2.45) is 0 Å². The Morgan fingerprint density at radius 1 is 1.25 bits per heavy atom. The van der Waals surface area contributed by atoms with Crippen LogP contribution in [0.25, 0.3) is 5.65 Å². The second-order valence-electron chi connectivity index (χ2n) is 4.92. The van der Waals surface area contributed by atoms with E-state index in [1.807, 2.05) is 36.1 Å². The van der Waals surface area contributed by atoms with Crippen molar-refractivity contribution >= 4 is 11.5 Å². The predicted molar refractivity (Wildman–Crippen MR) is 73.3 cm³/mol. The van der Waals surface area contributed by atoms with E-state index < -0.39 is 0 Å². The van der Waals surface area contributed by atoms with Crippen LogP contribution in [0.3, 0.4) is 0 Å². The number of fused-ring (bicyclic) bond motifs is 1. The standard InChI is InChI=1S/C12H16N8/c1-8-6-13-19(7-8)10(3)9(2)14-11-4-5-12-15-17-18-20(12)16-11/h4-7,9-10H,1-3H3,(H,14,16)/t9-,10-/m0/s1. The summed E-state index contributed by atoms with van der Waals surface area (Å²) in [6, 6.07) is 4.06. The molecule has 0 unspecified atom stereocenters. The molecule has 1 N–H and O–H groups in total. The number of rotatable bonds is 4. The van der Waals surface area contributed by atoms with Crippen molar-refractivity contribution in [3.8, 4) is 0 Å². The van der Waals surface area contributed by atoms with Gasteiger partial charge in [0.05, 0.1) is 12.2 Å². The average molecular weight is 272 g/mol. The number of nitrogens with zero attached hydrogens (tertiary/aromatic N) is 7. The molecule has 3 heterocycles. The van der Waals surface area contributed by atoms with Gasteiger partial charge in [-0.25, -0.2) is 0 Å². The number of aryl methyl sites for hydroxylation is 1. The lowest BCUT2D eigenvalue weighted by Crippen LogP contribution is -2.27. The molecule has 0 saturated heterocycles. The maximum Gasteiger partial charge on any atom is 0.200 e. The van der Waals surface area contributed by atoms with Gasteiger partial charge in [0.1, 0.15) is 5.82 Å². The van der Waals surface area contributed by atoms with E-state index in [9.17, 15) is 0 Å². The number of anilines is 1. The summed E-state index contributed by atoms with van der Waals surface area (Å²) < 4.78 is 3.35. The molecule has 0 amide bonds. The van der Waals surface area contributed by atoms with Crippen LogP contribution >= 0.6 is 0 Å². The van der Waals surface area contributed by atoms with E-state index in [0.29, 0.717) is 5.65 Å². The Labute approximate surface area is 115 Å². The summed E-state index contributed by atoms with van der Waals surface area (Å²) in [5.41, 5.74) is 1.77. The van der Waals surface area contributed by atoms with Gasteiger partial charge in [-0.3, -0.25) is 4.68 Å². The largest absolute Gasteiger partial charge is 0.364 e. The van der Waals surface area contributed by atoms with Crippen molar-refractivity contribution in [3.05, 3.63) is 30.1 Å². The van der Waals surface area contributed by atoms with Gasteiger partial charge in [0.25, 0.3) is 0 Å². The fourth-order valence-corrected chi connectivity index (χ4v) is 1.97. The smallest absolute Gasteiger partial charge is 0.200 e. The normalized spacial score (nSPS) is 14.3. The monoisotopic (exact) mass is 272 g/mol. The lowest BCUT2D eigenvalue weighted by molar-refractivity contribution is 0.442. The van der Waals surface area contributed by atoms with Gasteiger partial charge in [-0.15, -0.1) is 14.8 Å². The highest BCUT2D eigenvalue weighted by atomic mass is 15.6. The van der Waals surface area contributed by atoms with E-state index >= 15 is 0 Å². The fraction of sp³-hybridized carbons (Fsp3) is 0.417. The SMILES string of the molecule is Cc1cnn([C@@H](C)[C@H](C)Nc2ccc3nnnn3n2)c1. The summed E-state index contributed by atoms with van der Waals surface area (Å²) >= 11 is 0. The van der Waals surface area contributed by atoms with E-state index in [-0.39, 0.29) is 12.1 Å². The predicted octanol–water partition coefficient (Wildman–Crippen LogP) is 1.09. The van der Waals surface area contributed by atoms with Crippen LogP contribution in [-0.4, -0.2) is 41.1 Å². The minimum atomic E-state index is 0.163. The molecule has 3 aromatic rings. The Balaban J connectivity index is 1.75. The topological polar surface area (TPSA) is 85.8 Å². The first-order valence-corrected chi connectivity index (χ1v) is 6.46. The molecule has 0 fully saturated rings. The molecule has 0 aliphatic rings. The summed E-state index contributed by atoms with van der Waals surface area (Å²) in [7, 11) is 0. The zero-order valence-corrected chi connectivity index (χ0v) is 11.6. The Morgan fingerprint density at radius 3 is 2.85 bits per heavy atom. The number of hydrogen-bond acceptors (Lipinski definition) is 6. The number of aromatic nitrogens is 7. The molecule has 0 saturated carbocycles. The summed E-state index contributed by atoms with van der Waals surface area (Å²) in [4.78, 5) is 0. The molecule has 8 heteroatoms. The van der Waals surface area contributed by atoms with Crippen LogP contribution in [0.2, 0.25) is 0 Å². The molecule has 0 bridgehead atoms. The molecule has 3 aromatic heterocycles. The Morgan fingerprint density at radius 2 is 2.10 bits per heavy atom. The highest BCUT2D eigenvalue weighted by molar-refractivity contribution is 5.42. The van der Waals surface area contributed by atoms with Gasteiger partial charge in [-0.05, 0) is 48.9 Å². The Bertz CT molecular complexity index is 715. The highest BCUT2D eigenvalue weighted by Crippen LogP contribution is 2.15. The third-order valence-electron chi connectivity index (χ3n) is 3.32. The molecule has 104 valence electrons. The van der Waals surface area contributed by atoms with Crippen molar-refractivity contribution in [1.82, 2.24) is 35.0 Å². The van der Waals surface area contributed by atoms with Crippen molar-refractivity contribution in [1.29, 1.82) is 0 Å². The summed E-state index contributed by atoms with van der Waals surface area (Å²) in [6.07, 6.45) is 3.88. The first-order valence-electron chi connectivity index (χ1n) is 6.46.